The predicted molar refractivity (Wildman–Crippen MR) is 157 cm³/mol. The number of benzene rings is 1. The van der Waals surface area contributed by atoms with Crippen molar-refractivity contribution in [2.24, 2.45) is 33.1 Å². The topological polar surface area (TPSA) is 138 Å². The summed E-state index contributed by atoms with van der Waals surface area (Å²) in [5, 5.41) is 13.3. The van der Waals surface area contributed by atoms with Crippen LogP contribution in [0, 0.1) is 5.92 Å². The summed E-state index contributed by atoms with van der Waals surface area (Å²) in [5.41, 5.74) is 22.0. The fourth-order valence-electron chi connectivity index (χ4n) is 4.16. The minimum atomic E-state index is 0.125. The van der Waals surface area contributed by atoms with Gasteiger partial charge in [-0.05, 0) is 75.7 Å². The van der Waals surface area contributed by atoms with Crippen LogP contribution in [-0.2, 0) is 0 Å². The number of phenols is 1. The van der Waals surface area contributed by atoms with Gasteiger partial charge in [0.1, 0.15) is 11.6 Å². The molecule has 0 amide bonds. The molecule has 0 unspecified atom stereocenters. The molecule has 0 aromatic heterocycles. The molecule has 0 atom stereocenters. The van der Waals surface area contributed by atoms with E-state index in [0.717, 1.165) is 26.1 Å². The number of para-hydroxylation sites is 1. The van der Waals surface area contributed by atoms with Gasteiger partial charge in [-0.2, -0.15) is 0 Å². The Morgan fingerprint density at radius 1 is 1.16 bits per heavy atom. The van der Waals surface area contributed by atoms with Crippen molar-refractivity contribution in [3.05, 3.63) is 83.0 Å². The third kappa shape index (κ3) is 9.65. The van der Waals surface area contributed by atoms with Crippen molar-refractivity contribution < 1.29 is 5.11 Å². The smallest absolute Gasteiger partial charge is 0.124 e. The van der Waals surface area contributed by atoms with E-state index >= 15 is 0 Å². The summed E-state index contributed by atoms with van der Waals surface area (Å²) in [4.78, 5) is 10.1. The summed E-state index contributed by atoms with van der Waals surface area (Å²) in [6, 6.07) is 6.91. The maximum atomic E-state index is 9.92. The Morgan fingerprint density at radius 3 is 2.51 bits per heavy atom. The van der Waals surface area contributed by atoms with Crippen molar-refractivity contribution in [3.8, 4) is 5.75 Å². The first-order chi connectivity index (χ1) is 17.9. The Labute approximate surface area is 221 Å². The molecule has 0 aliphatic carbocycles. The number of allylic oxidation sites excluding steroid dienone is 4. The summed E-state index contributed by atoms with van der Waals surface area (Å²) in [6.07, 6.45) is 15.2. The van der Waals surface area contributed by atoms with E-state index in [2.05, 4.69) is 47.2 Å². The number of phenolic OH excluding ortho intramolecular Hbond substituents is 1. The number of nitrogens with zero attached hydrogens (tertiary/aromatic N) is 3. The molecule has 0 radical (unpaired) electrons. The van der Waals surface area contributed by atoms with Crippen molar-refractivity contribution in [2.75, 3.05) is 32.7 Å². The van der Waals surface area contributed by atoms with Crippen LogP contribution in [-0.4, -0.2) is 55.7 Å². The summed E-state index contributed by atoms with van der Waals surface area (Å²) >= 11 is 0. The predicted octanol–water partition coefficient (Wildman–Crippen LogP) is 3.65. The third-order valence-electron chi connectivity index (χ3n) is 6.26. The second-order valence-electron chi connectivity index (χ2n) is 8.86. The van der Waals surface area contributed by atoms with Crippen molar-refractivity contribution >= 4 is 18.6 Å². The van der Waals surface area contributed by atoms with E-state index in [9.17, 15) is 5.11 Å². The van der Waals surface area contributed by atoms with Gasteiger partial charge in [-0.3, -0.25) is 9.98 Å². The number of nitrogens with two attached hydrogens (primary N) is 3. The number of aromatic hydroxyl groups is 1. The molecule has 8 nitrogen and oxygen atoms in total. The average Bonchev–Trinajstić information content (AvgIpc) is 3.16. The lowest BCUT2D eigenvalue weighted by atomic mass is 9.91. The molecule has 37 heavy (non-hydrogen) atoms. The quantitative estimate of drug-likeness (QED) is 0.270. The molecule has 3 rings (SSSR count). The molecule has 1 fully saturated rings. The standard InChI is InChI=1S/C18H24N4O.C11H19N3/c1-2-13-6-5-10-22(11-9-13)16(18(20)21)12-15(19)14-7-3-4-8-17(14)23;1-3-13-9-11(8-12-2)10-4-6-14-7-5-10/h3-9,12,23H,2,10-11,19-21H2,1H3;8-10,14H,2-7H2,1H3/b15-12-;11-8+,13-9?. The Hall–Kier alpha value is -3.78. The van der Waals surface area contributed by atoms with Crippen LogP contribution in [0.3, 0.4) is 0 Å². The molecule has 2 aliphatic rings. The number of rotatable bonds is 8. The number of piperidine rings is 1. The van der Waals surface area contributed by atoms with E-state index in [1.165, 1.54) is 24.0 Å². The molecule has 200 valence electrons. The number of hydrogen-bond donors (Lipinski definition) is 5. The Morgan fingerprint density at radius 2 is 1.89 bits per heavy atom. The minimum absolute atomic E-state index is 0.125. The zero-order valence-electron chi connectivity index (χ0n) is 22.2. The fraction of sp³-hybridized carbons (Fsp3) is 0.379. The van der Waals surface area contributed by atoms with Gasteiger partial charge in [-0.15, -0.1) is 0 Å². The lowest BCUT2D eigenvalue weighted by Gasteiger charge is -2.23. The van der Waals surface area contributed by atoms with Crippen molar-refractivity contribution in [2.45, 2.75) is 33.1 Å². The van der Waals surface area contributed by atoms with Crippen LogP contribution < -0.4 is 22.5 Å². The number of aliphatic imine (C=N–C) groups is 2. The molecule has 8 heteroatoms. The maximum Gasteiger partial charge on any atom is 0.124 e. The first-order valence-electron chi connectivity index (χ1n) is 12.9. The summed E-state index contributed by atoms with van der Waals surface area (Å²) < 4.78 is 0. The van der Waals surface area contributed by atoms with E-state index in [1.54, 1.807) is 24.3 Å². The van der Waals surface area contributed by atoms with Crippen molar-refractivity contribution in [3.63, 3.8) is 0 Å². The SMILES string of the molecule is C=N/C=C(\C=NCC)C1CCNCC1.CCC1=CCN(C(/C=C(\N)c2ccccc2O)=C(N)N)CC=C1. The Balaban J connectivity index is 0.000000294. The monoisotopic (exact) mass is 505 g/mol. The van der Waals surface area contributed by atoms with E-state index in [-0.39, 0.29) is 11.6 Å². The van der Waals surface area contributed by atoms with Crippen LogP contribution in [0.5, 0.6) is 5.75 Å². The van der Waals surface area contributed by atoms with Crippen LogP contribution in [0.1, 0.15) is 38.7 Å². The minimum Gasteiger partial charge on any atom is -0.507 e. The largest absolute Gasteiger partial charge is 0.507 e. The molecule has 0 bridgehead atoms. The van der Waals surface area contributed by atoms with Gasteiger partial charge >= 0.3 is 0 Å². The molecule has 2 heterocycles. The van der Waals surface area contributed by atoms with Gasteiger partial charge in [0.25, 0.3) is 0 Å². The average molecular weight is 506 g/mol. The first-order valence-corrected chi connectivity index (χ1v) is 12.9. The van der Waals surface area contributed by atoms with E-state index in [4.69, 9.17) is 17.2 Å². The lowest BCUT2D eigenvalue weighted by Crippen LogP contribution is -2.28. The number of hydrogen-bond acceptors (Lipinski definition) is 8. The van der Waals surface area contributed by atoms with Crippen LogP contribution in [0.4, 0.5) is 0 Å². The maximum absolute atomic E-state index is 9.92. The molecule has 1 aromatic rings. The zero-order valence-corrected chi connectivity index (χ0v) is 22.2. The number of nitrogens with one attached hydrogen (secondary N) is 1. The van der Waals surface area contributed by atoms with Crippen LogP contribution in [0.15, 0.2) is 87.4 Å². The van der Waals surface area contributed by atoms with E-state index in [0.29, 0.717) is 36.0 Å². The van der Waals surface area contributed by atoms with Gasteiger partial charge in [0, 0.05) is 43.3 Å². The zero-order chi connectivity index (χ0) is 27.0. The summed E-state index contributed by atoms with van der Waals surface area (Å²) in [7, 11) is 0. The second-order valence-corrected chi connectivity index (χ2v) is 8.86. The van der Waals surface area contributed by atoms with Crippen LogP contribution in [0.25, 0.3) is 5.70 Å². The molecule has 8 N–H and O–H groups in total. The van der Waals surface area contributed by atoms with Gasteiger partial charge in [-0.1, -0.05) is 42.9 Å². The Bertz CT molecular complexity index is 1060. The molecule has 0 spiro atoms. The van der Waals surface area contributed by atoms with Gasteiger partial charge in [-0.25, -0.2) is 0 Å². The molecule has 0 saturated carbocycles. The van der Waals surface area contributed by atoms with E-state index in [1.807, 2.05) is 30.3 Å². The molecule has 1 saturated heterocycles. The lowest BCUT2D eigenvalue weighted by molar-refractivity contribution is 0.429. The summed E-state index contributed by atoms with van der Waals surface area (Å²) in [6.45, 7) is 12.1. The summed E-state index contributed by atoms with van der Waals surface area (Å²) in [5.74, 6) is 0.933. The second kappa shape index (κ2) is 16.1. The van der Waals surface area contributed by atoms with Crippen molar-refractivity contribution in [1.29, 1.82) is 0 Å². The van der Waals surface area contributed by atoms with Gasteiger partial charge in [0.05, 0.1) is 5.70 Å². The van der Waals surface area contributed by atoms with Gasteiger partial charge in [0.15, 0.2) is 0 Å². The Kier molecular flexibility index (Phi) is 12.8. The van der Waals surface area contributed by atoms with Crippen molar-refractivity contribution in [1.82, 2.24) is 10.2 Å². The molecule has 2 aliphatic heterocycles. The van der Waals surface area contributed by atoms with E-state index < -0.39 is 0 Å². The third-order valence-corrected chi connectivity index (χ3v) is 6.26. The highest BCUT2D eigenvalue weighted by atomic mass is 16.3. The fourth-order valence-corrected chi connectivity index (χ4v) is 4.16. The molecular weight excluding hydrogens is 462 g/mol. The van der Waals surface area contributed by atoms with Gasteiger partial charge in [0.2, 0.25) is 0 Å². The highest BCUT2D eigenvalue weighted by molar-refractivity contribution is 5.79. The van der Waals surface area contributed by atoms with Crippen LogP contribution in [0.2, 0.25) is 0 Å². The molecule has 1 aromatic carbocycles. The molecular formula is C29H43N7O. The highest BCUT2D eigenvalue weighted by Gasteiger charge is 2.16. The first kappa shape index (κ1) is 29.5. The normalized spacial score (nSPS) is 17.0. The van der Waals surface area contributed by atoms with Crippen LogP contribution >= 0.6 is 0 Å². The van der Waals surface area contributed by atoms with Gasteiger partial charge < -0.3 is 32.5 Å². The highest BCUT2D eigenvalue weighted by Crippen LogP contribution is 2.24.